The average Bonchev–Trinajstić information content (AvgIpc) is 3.73. The topological polar surface area (TPSA) is 6.48 Å². The molecule has 0 saturated carbocycles. The van der Waals surface area contributed by atoms with E-state index in [2.05, 4.69) is 167 Å². The summed E-state index contributed by atoms with van der Waals surface area (Å²) >= 11 is 1.95. The summed E-state index contributed by atoms with van der Waals surface area (Å²) in [6.45, 7) is 28.9. The van der Waals surface area contributed by atoms with Crippen molar-refractivity contribution in [2.75, 3.05) is 9.80 Å². The van der Waals surface area contributed by atoms with Gasteiger partial charge in [-0.3, -0.25) is 0 Å². The number of fused-ring (bicyclic) bond motifs is 6. The molecule has 4 heteroatoms. The van der Waals surface area contributed by atoms with Crippen LogP contribution < -0.4 is 25.5 Å². The highest BCUT2D eigenvalue weighted by Gasteiger charge is 2.51. The summed E-state index contributed by atoms with van der Waals surface area (Å²) in [5.74, 6) is 0. The van der Waals surface area contributed by atoms with E-state index in [0.717, 1.165) is 68.8 Å². The summed E-state index contributed by atoms with van der Waals surface area (Å²) < 4.78 is 72.2. The van der Waals surface area contributed by atoms with Gasteiger partial charge in [-0.05, 0) is 134 Å². The first kappa shape index (κ1) is 34.1. The van der Waals surface area contributed by atoms with Gasteiger partial charge in [0, 0.05) is 43.4 Å². The Bertz CT molecular complexity index is 3380. The van der Waals surface area contributed by atoms with E-state index in [9.17, 15) is 2.74 Å². The monoisotopic (exact) mass is 865 g/mol. The summed E-state index contributed by atoms with van der Waals surface area (Å²) in [5.41, 5.74) is 14.1. The number of hydrogen-bond acceptors (Lipinski definition) is 3. The van der Waals surface area contributed by atoms with E-state index in [1.54, 1.807) is 12.1 Å². The zero-order valence-electron chi connectivity index (χ0n) is 47.9. The van der Waals surface area contributed by atoms with Crippen molar-refractivity contribution < 1.29 is 11.0 Å². The lowest BCUT2D eigenvalue weighted by molar-refractivity contribution is 0.339. The van der Waals surface area contributed by atoms with Gasteiger partial charge in [-0.2, -0.15) is 11.3 Å². The van der Waals surface area contributed by atoms with Gasteiger partial charge in [-0.25, -0.2) is 0 Å². The summed E-state index contributed by atoms with van der Waals surface area (Å²) in [4.78, 5) is 6.23. The molecule has 3 heterocycles. The summed E-state index contributed by atoms with van der Waals surface area (Å²) in [7, 11) is 0. The summed E-state index contributed by atoms with van der Waals surface area (Å²) in [5, 5.41) is 0. The lowest BCUT2D eigenvalue weighted by atomic mass is 9.35. The normalized spacial score (nSPS) is 18.0. The second kappa shape index (κ2) is 14.6. The number of rotatable bonds is 5. The van der Waals surface area contributed by atoms with Crippen LogP contribution in [0.2, 0.25) is 0 Å². The van der Waals surface area contributed by atoms with Gasteiger partial charge >= 0.3 is 0 Å². The van der Waals surface area contributed by atoms with E-state index in [0.29, 0.717) is 11.3 Å². The SMILES string of the molecule is [2H]c1cc(C(C)(C)c2ccc3c(c2)B2c4sc5c(c4N(c4ccc(C(C)(C)C)cc4)c4cc(C)cc(c42)N3c2ccc(C(C)(C)C)cc2-c2c([2H])c([2H])c([2H])c([2H])c2[2H])C(C)(C)CCC5(C)C)cc([2H])c1[2H]. The van der Waals surface area contributed by atoms with Gasteiger partial charge in [0.25, 0.3) is 6.71 Å². The van der Waals surface area contributed by atoms with Gasteiger partial charge in [0.15, 0.2) is 0 Å². The molecule has 0 unspecified atom stereocenters. The molecule has 2 nitrogen and oxygen atoms in total. The maximum Gasteiger partial charge on any atom is 0.264 e. The molecule has 0 radical (unpaired) electrons. The van der Waals surface area contributed by atoms with Crippen molar-refractivity contribution in [2.45, 2.75) is 130 Å². The molecule has 2 aliphatic heterocycles. The Morgan fingerprint density at radius 1 is 0.578 bits per heavy atom. The maximum absolute atomic E-state index is 9.41. The highest BCUT2D eigenvalue weighted by Crippen LogP contribution is 2.57. The molecular formula is C60H65BN2S. The van der Waals surface area contributed by atoms with Crippen LogP contribution in [-0.2, 0) is 27.1 Å². The van der Waals surface area contributed by atoms with Crippen molar-refractivity contribution in [3.63, 3.8) is 0 Å². The van der Waals surface area contributed by atoms with Crippen LogP contribution in [0.5, 0.6) is 0 Å². The van der Waals surface area contributed by atoms with Crippen molar-refractivity contribution in [3.05, 3.63) is 172 Å². The number of nitrogens with zero attached hydrogens (tertiary/aromatic N) is 2. The largest absolute Gasteiger partial charge is 0.311 e. The van der Waals surface area contributed by atoms with Crippen molar-refractivity contribution in [1.29, 1.82) is 0 Å². The van der Waals surface area contributed by atoms with Crippen LogP contribution in [0.25, 0.3) is 11.1 Å². The Hall–Kier alpha value is -5.32. The third-order valence-electron chi connectivity index (χ3n) is 14.6. The molecule has 0 N–H and O–H groups in total. The van der Waals surface area contributed by atoms with Crippen LogP contribution in [0, 0.1) is 6.92 Å². The van der Waals surface area contributed by atoms with Gasteiger partial charge in [-0.15, -0.1) is 0 Å². The quantitative estimate of drug-likeness (QED) is 0.159. The van der Waals surface area contributed by atoms with Crippen molar-refractivity contribution in [1.82, 2.24) is 0 Å². The van der Waals surface area contributed by atoms with Crippen LogP contribution in [0.4, 0.5) is 34.1 Å². The molecule has 1 aliphatic carbocycles. The number of benzene rings is 6. The Morgan fingerprint density at radius 2 is 1.16 bits per heavy atom. The molecule has 0 spiro atoms. The fourth-order valence-electron chi connectivity index (χ4n) is 10.6. The van der Waals surface area contributed by atoms with Crippen molar-refractivity contribution in [3.8, 4) is 11.1 Å². The van der Waals surface area contributed by atoms with Gasteiger partial charge in [0.2, 0.25) is 0 Å². The number of anilines is 6. The predicted molar refractivity (Wildman–Crippen MR) is 280 cm³/mol. The lowest BCUT2D eigenvalue weighted by Crippen LogP contribution is -2.61. The van der Waals surface area contributed by atoms with Crippen LogP contribution in [0.15, 0.2) is 133 Å². The van der Waals surface area contributed by atoms with Crippen LogP contribution in [0.1, 0.15) is 145 Å². The molecule has 324 valence electrons. The standard InChI is InChI=1S/C60H65BN2S/c1-38-34-49-52-50(35-38)63(47-30-26-42(57(5,6)7)36-45(47)39-20-16-14-17-21-39)48-31-27-43(60(12,13)41-22-18-15-19-23-41)37-46(48)61(52)55-53(51-54(64-55)59(10,11)33-32-58(51,8)9)62(49)44-28-24-40(25-29-44)56(2,3)4/h14-31,34-37H,32-33H2,1-13H3/i14D,15D,16D,17D,18D,19D,20D,21D. The maximum atomic E-state index is 9.41. The first-order valence-electron chi connectivity index (χ1n) is 26.9. The molecule has 7 aromatic rings. The van der Waals surface area contributed by atoms with E-state index in [1.165, 1.54) is 26.5 Å². The zero-order valence-corrected chi connectivity index (χ0v) is 40.7. The molecule has 1 aromatic heterocycles. The van der Waals surface area contributed by atoms with Crippen molar-refractivity contribution >= 4 is 67.9 Å². The smallest absolute Gasteiger partial charge is 0.264 e. The number of thiophene rings is 1. The molecule has 0 amide bonds. The van der Waals surface area contributed by atoms with E-state index in [4.69, 9.17) is 8.22 Å². The molecule has 0 atom stereocenters. The fourth-order valence-corrected chi connectivity index (χ4v) is 12.3. The van der Waals surface area contributed by atoms with Crippen LogP contribution in [-0.4, -0.2) is 6.71 Å². The Kier molecular flexibility index (Phi) is 7.78. The summed E-state index contributed by atoms with van der Waals surface area (Å²) in [6.07, 6.45) is 2.11. The minimum atomic E-state index is -0.681. The van der Waals surface area contributed by atoms with Gasteiger partial charge in [0.05, 0.1) is 22.3 Å². The second-order valence-corrected chi connectivity index (χ2v) is 23.5. The number of aryl methyl sites for hydroxylation is 1. The first-order valence-corrected chi connectivity index (χ1v) is 23.7. The lowest BCUT2D eigenvalue weighted by Gasteiger charge is -2.46. The molecule has 0 bridgehead atoms. The Labute approximate surface area is 399 Å². The minimum absolute atomic E-state index is 0.0180. The number of hydrogen-bond donors (Lipinski definition) is 0. The van der Waals surface area contributed by atoms with Crippen LogP contribution in [0.3, 0.4) is 0 Å². The molecule has 3 aliphatic rings. The van der Waals surface area contributed by atoms with Crippen LogP contribution >= 0.6 is 11.3 Å². The van der Waals surface area contributed by atoms with E-state index >= 15 is 0 Å². The first-order chi connectivity index (χ1) is 33.5. The molecular weight excluding hydrogens is 792 g/mol. The molecule has 64 heavy (non-hydrogen) atoms. The highest BCUT2D eigenvalue weighted by atomic mass is 32.1. The van der Waals surface area contributed by atoms with Gasteiger partial charge in [0.1, 0.15) is 0 Å². The van der Waals surface area contributed by atoms with E-state index < -0.39 is 11.5 Å². The minimum Gasteiger partial charge on any atom is -0.311 e. The summed E-state index contributed by atoms with van der Waals surface area (Å²) in [6, 6.07) is 28.3. The van der Waals surface area contributed by atoms with Crippen molar-refractivity contribution in [2.24, 2.45) is 0 Å². The van der Waals surface area contributed by atoms with Gasteiger partial charge < -0.3 is 9.80 Å². The third kappa shape index (κ3) is 6.72. The zero-order chi connectivity index (χ0) is 52.3. The average molecular weight is 865 g/mol. The molecule has 0 fully saturated rings. The molecule has 0 saturated heterocycles. The Morgan fingerprint density at radius 3 is 1.81 bits per heavy atom. The predicted octanol–water partition coefficient (Wildman–Crippen LogP) is 15.1. The fraction of sp³-hybridized carbons (Fsp3) is 0.333. The van der Waals surface area contributed by atoms with Gasteiger partial charge in [-0.1, -0.05) is 174 Å². The Balaban J connectivity index is 1.36. The third-order valence-corrected chi connectivity index (χ3v) is 16.2. The molecule has 10 rings (SSSR count). The van der Waals surface area contributed by atoms with E-state index in [1.807, 2.05) is 17.4 Å². The van der Waals surface area contributed by atoms with E-state index in [-0.39, 0.29) is 76.2 Å². The highest BCUT2D eigenvalue weighted by molar-refractivity contribution is 7.29. The molecule has 6 aromatic carbocycles. The second-order valence-electron chi connectivity index (χ2n) is 22.4.